The highest BCUT2D eigenvalue weighted by Crippen LogP contribution is 2.38. The fourth-order valence-corrected chi connectivity index (χ4v) is 5.41. The molecule has 1 aromatic carbocycles. The van der Waals surface area contributed by atoms with Crippen LogP contribution in [-0.4, -0.2) is 41.5 Å². The third-order valence-electron chi connectivity index (χ3n) is 5.06. The number of benzene rings is 1. The van der Waals surface area contributed by atoms with Gasteiger partial charge >= 0.3 is 6.18 Å². The van der Waals surface area contributed by atoms with Gasteiger partial charge in [-0.15, -0.1) is 11.3 Å². The summed E-state index contributed by atoms with van der Waals surface area (Å²) in [5.74, 6) is 0.459. The standard InChI is InChI=1S/C18H18F3N3OS2/c19-18(20,21)15-9-22-17(27-15)26-13-3-1-12(2-4-13)16(25)23-14-10-24-7-5-11(14)6-8-24/h1-4,9,11,14H,5-8,10H2,(H,23,25). The molecule has 3 fully saturated rings. The van der Waals surface area contributed by atoms with E-state index in [-0.39, 0.29) is 11.9 Å². The molecular formula is C18H18F3N3OS2. The number of alkyl halides is 3. The lowest BCUT2D eigenvalue weighted by Gasteiger charge is -2.44. The van der Waals surface area contributed by atoms with Gasteiger partial charge < -0.3 is 10.2 Å². The monoisotopic (exact) mass is 413 g/mol. The maximum Gasteiger partial charge on any atom is 0.427 e. The number of halogens is 3. The molecule has 1 unspecified atom stereocenters. The second-order valence-corrected chi connectivity index (χ2v) is 9.18. The number of nitrogens with zero attached hydrogens (tertiary/aromatic N) is 2. The molecular weight excluding hydrogens is 395 g/mol. The summed E-state index contributed by atoms with van der Waals surface area (Å²) >= 11 is 1.78. The molecule has 0 saturated carbocycles. The van der Waals surface area contributed by atoms with E-state index < -0.39 is 11.1 Å². The normalized spacial score (nSPS) is 24.8. The highest BCUT2D eigenvalue weighted by Gasteiger charge is 2.35. The number of piperidine rings is 3. The van der Waals surface area contributed by atoms with Crippen molar-refractivity contribution in [2.75, 3.05) is 19.6 Å². The first-order valence-electron chi connectivity index (χ1n) is 8.72. The van der Waals surface area contributed by atoms with Crippen LogP contribution in [0.2, 0.25) is 0 Å². The molecule has 27 heavy (non-hydrogen) atoms. The fraction of sp³-hybridized carbons (Fsp3) is 0.444. The zero-order valence-corrected chi connectivity index (χ0v) is 16.0. The minimum atomic E-state index is -4.37. The molecule has 0 spiro atoms. The van der Waals surface area contributed by atoms with Crippen LogP contribution in [0.4, 0.5) is 13.2 Å². The van der Waals surface area contributed by atoms with Crippen molar-refractivity contribution in [3.05, 3.63) is 40.9 Å². The predicted octanol–water partition coefficient (Wildman–Crippen LogP) is 4.14. The summed E-state index contributed by atoms with van der Waals surface area (Å²) in [6, 6.07) is 7.09. The van der Waals surface area contributed by atoms with Gasteiger partial charge in [0, 0.05) is 23.0 Å². The molecule has 1 amide bonds. The fourth-order valence-electron chi connectivity index (χ4n) is 3.59. The van der Waals surface area contributed by atoms with Crippen molar-refractivity contribution < 1.29 is 18.0 Å². The van der Waals surface area contributed by atoms with Gasteiger partial charge in [0.05, 0.1) is 6.20 Å². The SMILES string of the molecule is O=C(NC1CN2CCC1CC2)c1ccc(Sc2ncc(C(F)(F)F)s2)cc1. The van der Waals surface area contributed by atoms with Crippen LogP contribution in [0.15, 0.2) is 39.7 Å². The van der Waals surface area contributed by atoms with Crippen LogP contribution in [0.5, 0.6) is 0 Å². The zero-order chi connectivity index (χ0) is 19.0. The summed E-state index contributed by atoms with van der Waals surface area (Å²) in [6.45, 7) is 3.15. The molecule has 1 aromatic heterocycles. The first kappa shape index (κ1) is 18.8. The molecule has 0 aliphatic carbocycles. The van der Waals surface area contributed by atoms with E-state index in [1.165, 1.54) is 0 Å². The van der Waals surface area contributed by atoms with E-state index in [2.05, 4.69) is 15.2 Å². The smallest absolute Gasteiger partial charge is 0.348 e. The van der Waals surface area contributed by atoms with Gasteiger partial charge in [-0.2, -0.15) is 13.2 Å². The quantitative estimate of drug-likeness (QED) is 0.819. The van der Waals surface area contributed by atoms with Crippen molar-refractivity contribution >= 4 is 29.0 Å². The van der Waals surface area contributed by atoms with E-state index in [1.54, 1.807) is 24.3 Å². The zero-order valence-electron chi connectivity index (χ0n) is 14.3. The number of carbonyl (C=O) groups is 1. The number of hydrogen-bond donors (Lipinski definition) is 1. The van der Waals surface area contributed by atoms with E-state index in [1.807, 2.05) is 0 Å². The number of carbonyl (C=O) groups excluding carboxylic acids is 1. The Labute approximate surface area is 163 Å². The molecule has 3 saturated heterocycles. The average molecular weight is 413 g/mol. The van der Waals surface area contributed by atoms with Crippen molar-refractivity contribution in [2.45, 2.75) is 34.3 Å². The van der Waals surface area contributed by atoms with E-state index in [0.29, 0.717) is 27.2 Å². The topological polar surface area (TPSA) is 45.2 Å². The first-order valence-corrected chi connectivity index (χ1v) is 10.4. The average Bonchev–Trinajstić information content (AvgIpc) is 3.12. The summed E-state index contributed by atoms with van der Waals surface area (Å²) in [7, 11) is 0. The van der Waals surface area contributed by atoms with Gasteiger partial charge in [-0.1, -0.05) is 11.8 Å². The van der Waals surface area contributed by atoms with Gasteiger partial charge in [-0.25, -0.2) is 4.98 Å². The minimum absolute atomic E-state index is 0.0982. The Morgan fingerprint density at radius 1 is 1.22 bits per heavy atom. The number of nitrogens with one attached hydrogen (secondary N) is 1. The van der Waals surface area contributed by atoms with Crippen molar-refractivity contribution in [2.24, 2.45) is 5.92 Å². The maximum absolute atomic E-state index is 12.6. The Bertz CT molecular complexity index is 814. The lowest BCUT2D eigenvalue weighted by molar-refractivity contribution is -0.134. The molecule has 1 atom stereocenters. The molecule has 2 bridgehead atoms. The highest BCUT2D eigenvalue weighted by molar-refractivity contribution is 8.01. The van der Waals surface area contributed by atoms with Gasteiger partial charge in [0.15, 0.2) is 4.34 Å². The second-order valence-electron chi connectivity index (χ2n) is 6.83. The third kappa shape index (κ3) is 4.30. The molecule has 5 rings (SSSR count). The van der Waals surface area contributed by atoms with E-state index in [0.717, 1.165) is 55.3 Å². The summed E-state index contributed by atoms with van der Waals surface area (Å²) in [5.41, 5.74) is 0.561. The van der Waals surface area contributed by atoms with Crippen LogP contribution in [0.25, 0.3) is 0 Å². The molecule has 3 aliphatic heterocycles. The Kier molecular flexibility index (Phi) is 5.17. The predicted molar refractivity (Wildman–Crippen MR) is 98.1 cm³/mol. The van der Waals surface area contributed by atoms with Crippen LogP contribution in [0, 0.1) is 5.92 Å². The van der Waals surface area contributed by atoms with Crippen molar-refractivity contribution in [1.29, 1.82) is 0 Å². The largest absolute Gasteiger partial charge is 0.427 e. The number of amides is 1. The first-order chi connectivity index (χ1) is 12.9. The van der Waals surface area contributed by atoms with Crippen LogP contribution >= 0.6 is 23.1 Å². The highest BCUT2D eigenvalue weighted by atomic mass is 32.2. The van der Waals surface area contributed by atoms with E-state index in [4.69, 9.17) is 0 Å². The lowest BCUT2D eigenvalue weighted by atomic mass is 9.84. The molecule has 1 N–H and O–H groups in total. The van der Waals surface area contributed by atoms with Gasteiger partial charge in [-0.05, 0) is 56.1 Å². The maximum atomic E-state index is 12.6. The molecule has 4 nitrogen and oxygen atoms in total. The van der Waals surface area contributed by atoms with Gasteiger partial charge in [0.1, 0.15) is 4.88 Å². The van der Waals surface area contributed by atoms with Crippen molar-refractivity contribution in [3.63, 3.8) is 0 Å². The minimum Gasteiger partial charge on any atom is -0.348 e. The second kappa shape index (κ2) is 7.44. The molecule has 2 aromatic rings. The Morgan fingerprint density at radius 2 is 1.93 bits per heavy atom. The third-order valence-corrected chi connectivity index (χ3v) is 7.18. The van der Waals surface area contributed by atoms with Crippen LogP contribution in [0.1, 0.15) is 28.1 Å². The lowest BCUT2D eigenvalue weighted by Crippen LogP contribution is -2.57. The molecule has 9 heteroatoms. The molecule has 4 heterocycles. The summed E-state index contributed by atoms with van der Waals surface area (Å²) in [4.78, 5) is 18.7. The Hall–Kier alpha value is -1.58. The number of hydrogen-bond acceptors (Lipinski definition) is 5. The summed E-state index contributed by atoms with van der Waals surface area (Å²) < 4.78 is 38.3. The van der Waals surface area contributed by atoms with Crippen LogP contribution in [0.3, 0.4) is 0 Å². The number of fused-ring (bicyclic) bond motifs is 3. The van der Waals surface area contributed by atoms with Gasteiger partial charge in [0.2, 0.25) is 0 Å². The Balaban J connectivity index is 1.37. The molecule has 0 radical (unpaired) electrons. The number of thiazole rings is 1. The van der Waals surface area contributed by atoms with Gasteiger partial charge in [-0.3, -0.25) is 4.79 Å². The van der Waals surface area contributed by atoms with Crippen molar-refractivity contribution in [1.82, 2.24) is 15.2 Å². The molecule has 144 valence electrons. The van der Waals surface area contributed by atoms with Crippen LogP contribution in [-0.2, 0) is 6.18 Å². The number of rotatable bonds is 4. The van der Waals surface area contributed by atoms with Crippen LogP contribution < -0.4 is 5.32 Å². The Morgan fingerprint density at radius 3 is 2.48 bits per heavy atom. The van der Waals surface area contributed by atoms with E-state index >= 15 is 0 Å². The summed E-state index contributed by atoms with van der Waals surface area (Å²) in [5, 5.41) is 3.13. The van der Waals surface area contributed by atoms with Crippen molar-refractivity contribution in [3.8, 4) is 0 Å². The number of aromatic nitrogens is 1. The molecule has 3 aliphatic rings. The van der Waals surface area contributed by atoms with E-state index in [9.17, 15) is 18.0 Å². The summed E-state index contributed by atoms with van der Waals surface area (Å²) in [6.07, 6.45) is -1.25. The van der Waals surface area contributed by atoms with Gasteiger partial charge in [0.25, 0.3) is 5.91 Å².